The number of aliphatic hydroxyl groups is 1. The lowest BCUT2D eigenvalue weighted by Crippen LogP contribution is -2.56. The van der Waals surface area contributed by atoms with Crippen molar-refractivity contribution in [1.82, 2.24) is 0 Å². The molecular weight excluding hydrogens is 274 g/mol. The van der Waals surface area contributed by atoms with E-state index in [1.54, 1.807) is 13.0 Å². The minimum atomic E-state index is -1.41. The van der Waals surface area contributed by atoms with Gasteiger partial charge in [0.1, 0.15) is 5.60 Å². The first kappa shape index (κ1) is 14.5. The fraction of sp³-hybridized carbons (Fsp3) is 0.211. The van der Waals surface area contributed by atoms with Crippen molar-refractivity contribution in [2.75, 3.05) is 4.90 Å². The van der Waals surface area contributed by atoms with Gasteiger partial charge in [-0.05, 0) is 31.5 Å². The summed E-state index contributed by atoms with van der Waals surface area (Å²) in [5, 5.41) is 10.6. The van der Waals surface area contributed by atoms with Crippen LogP contribution in [0.25, 0.3) is 5.70 Å². The van der Waals surface area contributed by atoms with Gasteiger partial charge in [0.2, 0.25) is 0 Å². The first-order chi connectivity index (χ1) is 10.5. The number of anilines is 1. The highest BCUT2D eigenvalue weighted by atomic mass is 16.3. The van der Waals surface area contributed by atoms with Crippen LogP contribution in [-0.2, 0) is 4.79 Å². The van der Waals surface area contributed by atoms with E-state index in [1.165, 1.54) is 0 Å². The van der Waals surface area contributed by atoms with Gasteiger partial charge in [0.15, 0.2) is 5.78 Å². The van der Waals surface area contributed by atoms with Crippen LogP contribution in [-0.4, -0.2) is 22.5 Å². The quantitative estimate of drug-likeness (QED) is 0.924. The summed E-state index contributed by atoms with van der Waals surface area (Å²) in [5.74, 6) is -0.258. The number of para-hydroxylation sites is 1. The maximum atomic E-state index is 12.3. The fourth-order valence-corrected chi connectivity index (χ4v) is 2.79. The van der Waals surface area contributed by atoms with Gasteiger partial charge in [0.05, 0.1) is 11.7 Å². The summed E-state index contributed by atoms with van der Waals surface area (Å²) in [6, 6.07) is 19.3. The smallest absolute Gasteiger partial charge is 0.191 e. The first-order valence-corrected chi connectivity index (χ1v) is 7.40. The Kier molecular flexibility index (Phi) is 3.59. The molecule has 0 aliphatic carbocycles. The van der Waals surface area contributed by atoms with Gasteiger partial charge in [-0.25, -0.2) is 0 Å². The van der Waals surface area contributed by atoms with E-state index >= 15 is 0 Å². The molecule has 3 nitrogen and oxygen atoms in total. The summed E-state index contributed by atoms with van der Waals surface area (Å²) in [5.41, 5.74) is 1.32. The number of benzene rings is 2. The third kappa shape index (κ3) is 2.34. The van der Waals surface area contributed by atoms with Gasteiger partial charge in [0.25, 0.3) is 0 Å². The van der Waals surface area contributed by atoms with E-state index in [4.69, 9.17) is 0 Å². The van der Waals surface area contributed by atoms with Crippen molar-refractivity contribution >= 4 is 17.2 Å². The molecule has 2 atom stereocenters. The zero-order chi connectivity index (χ0) is 15.7. The molecule has 1 aliphatic heterocycles. The molecule has 112 valence electrons. The number of hydrogen-bond acceptors (Lipinski definition) is 3. The molecule has 0 bridgehead atoms. The monoisotopic (exact) mass is 293 g/mol. The zero-order valence-corrected chi connectivity index (χ0v) is 12.7. The fourth-order valence-electron chi connectivity index (χ4n) is 2.79. The highest BCUT2D eigenvalue weighted by Gasteiger charge is 2.44. The van der Waals surface area contributed by atoms with Gasteiger partial charge < -0.3 is 10.0 Å². The van der Waals surface area contributed by atoms with Gasteiger partial charge in [-0.15, -0.1) is 0 Å². The molecule has 1 aliphatic rings. The molecule has 1 N–H and O–H groups in total. The van der Waals surface area contributed by atoms with Crippen LogP contribution in [0.2, 0.25) is 0 Å². The summed E-state index contributed by atoms with van der Waals surface area (Å²) in [7, 11) is 0. The molecule has 1 heterocycles. The van der Waals surface area contributed by atoms with Crippen LogP contribution in [0.15, 0.2) is 66.7 Å². The standard InChI is InChI=1S/C19H19NO2/c1-14-19(2,22)18(21)13-17(15-9-5-3-6-10-15)20(14)16-11-7-4-8-12-16/h3-14,22H,1-2H3. The Bertz CT molecular complexity index is 705. The average molecular weight is 293 g/mol. The third-order valence-corrected chi connectivity index (χ3v) is 4.33. The van der Waals surface area contributed by atoms with Gasteiger partial charge in [-0.1, -0.05) is 48.5 Å². The lowest BCUT2D eigenvalue weighted by Gasteiger charge is -2.43. The zero-order valence-electron chi connectivity index (χ0n) is 12.7. The van der Waals surface area contributed by atoms with Crippen molar-refractivity contribution in [1.29, 1.82) is 0 Å². The van der Waals surface area contributed by atoms with Crippen molar-refractivity contribution < 1.29 is 9.90 Å². The van der Waals surface area contributed by atoms with Gasteiger partial charge in [-0.3, -0.25) is 4.79 Å². The summed E-state index contributed by atoms with van der Waals surface area (Å²) in [4.78, 5) is 14.4. The minimum absolute atomic E-state index is 0.258. The molecular formula is C19H19NO2. The number of rotatable bonds is 2. The van der Waals surface area contributed by atoms with Crippen molar-refractivity contribution in [3.05, 3.63) is 72.3 Å². The van der Waals surface area contributed by atoms with Crippen LogP contribution in [0.3, 0.4) is 0 Å². The van der Waals surface area contributed by atoms with Crippen molar-refractivity contribution in [3.63, 3.8) is 0 Å². The molecule has 0 fully saturated rings. The first-order valence-electron chi connectivity index (χ1n) is 7.40. The second-order valence-electron chi connectivity index (χ2n) is 5.79. The second kappa shape index (κ2) is 5.43. The van der Waals surface area contributed by atoms with Gasteiger partial charge in [-0.2, -0.15) is 0 Å². The highest BCUT2D eigenvalue weighted by molar-refractivity contribution is 6.07. The number of carbonyl (C=O) groups excluding carboxylic acids is 1. The summed E-state index contributed by atoms with van der Waals surface area (Å²) < 4.78 is 0. The van der Waals surface area contributed by atoms with E-state index in [0.29, 0.717) is 0 Å². The predicted octanol–water partition coefficient (Wildman–Crippen LogP) is 3.26. The SMILES string of the molecule is CC1N(c2ccccc2)C(c2ccccc2)=CC(=O)C1(C)O. The molecule has 2 unspecified atom stereocenters. The van der Waals surface area contributed by atoms with Crippen LogP contribution in [0.5, 0.6) is 0 Å². The lowest BCUT2D eigenvalue weighted by atomic mass is 9.85. The van der Waals surface area contributed by atoms with E-state index in [-0.39, 0.29) is 11.8 Å². The van der Waals surface area contributed by atoms with Crippen molar-refractivity contribution in [2.45, 2.75) is 25.5 Å². The number of nitrogens with zero attached hydrogens (tertiary/aromatic N) is 1. The van der Waals surface area contributed by atoms with Crippen LogP contribution < -0.4 is 4.90 Å². The summed E-state index contributed by atoms with van der Waals surface area (Å²) in [6.45, 7) is 3.45. The molecule has 0 amide bonds. The largest absolute Gasteiger partial charge is 0.380 e. The van der Waals surface area contributed by atoms with Crippen LogP contribution in [0.4, 0.5) is 5.69 Å². The van der Waals surface area contributed by atoms with Crippen molar-refractivity contribution in [2.24, 2.45) is 0 Å². The van der Waals surface area contributed by atoms with Crippen molar-refractivity contribution in [3.8, 4) is 0 Å². The van der Waals surface area contributed by atoms with E-state index in [2.05, 4.69) is 0 Å². The Morgan fingerprint density at radius 1 is 1.00 bits per heavy atom. The Balaban J connectivity index is 2.18. The van der Waals surface area contributed by atoms with E-state index in [9.17, 15) is 9.90 Å². The number of carbonyl (C=O) groups is 1. The summed E-state index contributed by atoms with van der Waals surface area (Å²) in [6.07, 6.45) is 1.54. The topological polar surface area (TPSA) is 40.5 Å². The molecule has 2 aromatic carbocycles. The molecule has 0 spiro atoms. The third-order valence-electron chi connectivity index (χ3n) is 4.33. The number of hydrogen-bond donors (Lipinski definition) is 1. The normalized spacial score (nSPS) is 25.0. The summed E-state index contributed by atoms with van der Waals surface area (Å²) >= 11 is 0. The van der Waals surface area contributed by atoms with E-state index in [0.717, 1.165) is 16.9 Å². The second-order valence-corrected chi connectivity index (χ2v) is 5.79. The van der Waals surface area contributed by atoms with E-state index in [1.807, 2.05) is 72.5 Å². The van der Waals surface area contributed by atoms with Gasteiger partial charge >= 0.3 is 0 Å². The number of ketones is 1. The van der Waals surface area contributed by atoms with Gasteiger partial charge in [0, 0.05) is 11.8 Å². The highest BCUT2D eigenvalue weighted by Crippen LogP contribution is 2.36. The molecule has 0 aromatic heterocycles. The van der Waals surface area contributed by atoms with Crippen LogP contribution in [0, 0.1) is 0 Å². The van der Waals surface area contributed by atoms with Crippen LogP contribution >= 0.6 is 0 Å². The Labute approximate surface area is 130 Å². The molecule has 2 aromatic rings. The Morgan fingerprint density at radius 3 is 2.14 bits per heavy atom. The maximum Gasteiger partial charge on any atom is 0.191 e. The lowest BCUT2D eigenvalue weighted by molar-refractivity contribution is -0.132. The molecule has 22 heavy (non-hydrogen) atoms. The molecule has 0 saturated carbocycles. The Morgan fingerprint density at radius 2 is 1.55 bits per heavy atom. The average Bonchev–Trinajstić information content (AvgIpc) is 2.54. The minimum Gasteiger partial charge on any atom is -0.380 e. The van der Waals surface area contributed by atoms with E-state index < -0.39 is 5.60 Å². The molecule has 0 radical (unpaired) electrons. The Hall–Kier alpha value is -2.39. The maximum absolute atomic E-state index is 12.3. The molecule has 3 heteroatoms. The molecule has 0 saturated heterocycles. The van der Waals surface area contributed by atoms with Crippen LogP contribution in [0.1, 0.15) is 19.4 Å². The molecule has 3 rings (SSSR count). The predicted molar refractivity (Wildman–Crippen MR) is 88.4 cm³/mol.